The number of hydrogen-bond acceptors (Lipinski definition) is 5. The topological polar surface area (TPSA) is 25.8 Å². The Labute approximate surface area is 96.1 Å². The minimum absolute atomic E-state index is 0.664. The predicted octanol–water partition coefficient (Wildman–Crippen LogP) is 2.61. The molecule has 0 bridgehead atoms. The summed E-state index contributed by atoms with van der Waals surface area (Å²) in [7, 11) is 0. The first-order valence-corrected chi connectivity index (χ1v) is 8.57. The molecule has 1 aromatic heterocycles. The van der Waals surface area contributed by atoms with Crippen LogP contribution >= 0.6 is 34.9 Å². The third-order valence-electron chi connectivity index (χ3n) is 1.35. The van der Waals surface area contributed by atoms with Crippen molar-refractivity contribution in [2.45, 2.75) is 21.2 Å². The van der Waals surface area contributed by atoms with E-state index in [4.69, 9.17) is 0 Å². The molecule has 1 aliphatic heterocycles. The van der Waals surface area contributed by atoms with Crippen LogP contribution in [0.15, 0.2) is 14.7 Å². The Morgan fingerprint density at radius 2 is 2.54 bits per heavy atom. The molecule has 0 spiro atoms. The average molecular weight is 295 g/mol. The third-order valence-corrected chi connectivity index (χ3v) is 7.76. The standard InChI is InChI=1S/C7H8N2S3Se/c1-5-8-9-7(11-5)12-6-4-13-3-2-10-6/h2-3,6H,4H2,1H3. The molecule has 1 atom stereocenters. The molecule has 2 heterocycles. The van der Waals surface area contributed by atoms with Gasteiger partial charge in [-0.3, -0.25) is 0 Å². The summed E-state index contributed by atoms with van der Waals surface area (Å²) in [5.41, 5.74) is 0. The molecular formula is C7H8N2S3Se. The summed E-state index contributed by atoms with van der Waals surface area (Å²) >= 11 is 6.15. The summed E-state index contributed by atoms with van der Waals surface area (Å²) < 4.78 is 1.78. The first kappa shape index (κ1) is 10.1. The molecule has 0 saturated heterocycles. The zero-order chi connectivity index (χ0) is 9.10. The molecule has 2 nitrogen and oxygen atoms in total. The number of thioether (sulfide) groups is 2. The van der Waals surface area contributed by atoms with Crippen LogP contribution in [0.25, 0.3) is 0 Å². The van der Waals surface area contributed by atoms with Crippen molar-refractivity contribution < 1.29 is 0 Å². The van der Waals surface area contributed by atoms with Crippen LogP contribution < -0.4 is 0 Å². The van der Waals surface area contributed by atoms with Gasteiger partial charge in [-0.2, -0.15) is 0 Å². The zero-order valence-corrected chi connectivity index (χ0v) is 11.1. The van der Waals surface area contributed by atoms with Gasteiger partial charge in [-0.25, -0.2) is 0 Å². The van der Waals surface area contributed by atoms with Crippen LogP contribution in [0.5, 0.6) is 0 Å². The van der Waals surface area contributed by atoms with E-state index in [2.05, 4.69) is 20.6 Å². The molecule has 2 rings (SSSR count). The van der Waals surface area contributed by atoms with Gasteiger partial charge in [0.1, 0.15) is 0 Å². The van der Waals surface area contributed by atoms with Crippen molar-refractivity contribution in [1.82, 2.24) is 10.2 Å². The molecule has 0 N–H and O–H groups in total. The van der Waals surface area contributed by atoms with Crippen LogP contribution in [-0.2, 0) is 0 Å². The van der Waals surface area contributed by atoms with Crippen molar-refractivity contribution in [3.05, 3.63) is 15.4 Å². The van der Waals surface area contributed by atoms with Gasteiger partial charge in [-0.05, 0) is 0 Å². The van der Waals surface area contributed by atoms with Gasteiger partial charge < -0.3 is 0 Å². The minimum atomic E-state index is 0.664. The number of nitrogens with zero attached hydrogens (tertiary/aromatic N) is 2. The van der Waals surface area contributed by atoms with Gasteiger partial charge in [0.05, 0.1) is 0 Å². The van der Waals surface area contributed by atoms with Gasteiger partial charge in [0.15, 0.2) is 0 Å². The van der Waals surface area contributed by atoms with Gasteiger partial charge in [-0.15, -0.1) is 0 Å². The molecule has 1 unspecified atom stereocenters. The second-order valence-corrected chi connectivity index (χ2v) is 8.39. The van der Waals surface area contributed by atoms with E-state index in [1.807, 2.05) is 30.4 Å². The Balaban J connectivity index is 1.94. The molecule has 6 heteroatoms. The van der Waals surface area contributed by atoms with Crippen molar-refractivity contribution in [3.63, 3.8) is 0 Å². The average Bonchev–Trinajstić information content (AvgIpc) is 2.53. The third kappa shape index (κ3) is 2.99. The first-order chi connectivity index (χ1) is 6.34. The number of aryl methyl sites for hydroxylation is 1. The normalized spacial score (nSPS) is 22.1. The van der Waals surface area contributed by atoms with E-state index in [9.17, 15) is 0 Å². The Bertz CT molecular complexity index is 312. The maximum absolute atomic E-state index is 4.11. The Morgan fingerprint density at radius 3 is 3.15 bits per heavy atom. The van der Waals surface area contributed by atoms with E-state index in [1.165, 1.54) is 5.32 Å². The molecule has 0 saturated carbocycles. The molecule has 0 amide bonds. The van der Waals surface area contributed by atoms with Gasteiger partial charge in [0, 0.05) is 0 Å². The monoisotopic (exact) mass is 296 g/mol. The fourth-order valence-corrected chi connectivity index (χ4v) is 7.00. The predicted molar refractivity (Wildman–Crippen MR) is 61.6 cm³/mol. The molecule has 1 aliphatic rings. The Morgan fingerprint density at radius 1 is 1.62 bits per heavy atom. The van der Waals surface area contributed by atoms with Crippen molar-refractivity contribution in [2.75, 3.05) is 0 Å². The van der Waals surface area contributed by atoms with Crippen LogP contribution in [0.2, 0.25) is 5.32 Å². The van der Waals surface area contributed by atoms with Gasteiger partial charge in [0.2, 0.25) is 0 Å². The second kappa shape index (κ2) is 4.84. The molecule has 0 aromatic carbocycles. The van der Waals surface area contributed by atoms with Crippen LogP contribution in [0.1, 0.15) is 5.01 Å². The van der Waals surface area contributed by atoms with E-state index < -0.39 is 0 Å². The van der Waals surface area contributed by atoms with Gasteiger partial charge in [-0.1, -0.05) is 0 Å². The fourth-order valence-electron chi connectivity index (χ4n) is 0.833. The van der Waals surface area contributed by atoms with E-state index in [1.54, 1.807) is 11.3 Å². The van der Waals surface area contributed by atoms with Crippen LogP contribution in [0.3, 0.4) is 0 Å². The zero-order valence-electron chi connectivity index (χ0n) is 6.97. The van der Waals surface area contributed by atoms with E-state index in [0.29, 0.717) is 19.5 Å². The van der Waals surface area contributed by atoms with E-state index in [-0.39, 0.29) is 0 Å². The second-order valence-electron chi connectivity index (χ2n) is 2.38. The molecule has 70 valence electrons. The molecular weight excluding hydrogens is 287 g/mol. The summed E-state index contributed by atoms with van der Waals surface area (Å²) in [4.78, 5) is 2.29. The summed E-state index contributed by atoms with van der Waals surface area (Å²) in [5, 5.41) is 12.7. The van der Waals surface area contributed by atoms with Gasteiger partial charge in [0.25, 0.3) is 0 Å². The van der Waals surface area contributed by atoms with E-state index >= 15 is 0 Å². The number of hydrogen-bond donors (Lipinski definition) is 0. The van der Waals surface area contributed by atoms with Crippen LogP contribution in [0.4, 0.5) is 0 Å². The Hall–Kier alpha value is 0.519. The number of rotatable bonds is 2. The summed E-state index contributed by atoms with van der Waals surface area (Å²) in [6.45, 7) is 2.00. The molecule has 0 radical (unpaired) electrons. The number of aromatic nitrogens is 2. The summed E-state index contributed by atoms with van der Waals surface area (Å²) in [6, 6.07) is 0. The molecule has 13 heavy (non-hydrogen) atoms. The maximum atomic E-state index is 4.11. The van der Waals surface area contributed by atoms with Crippen molar-refractivity contribution in [3.8, 4) is 0 Å². The van der Waals surface area contributed by atoms with Crippen molar-refractivity contribution in [2.24, 2.45) is 0 Å². The Kier molecular flexibility index (Phi) is 3.75. The molecule has 1 aromatic rings. The fraction of sp³-hybridized carbons (Fsp3) is 0.429. The quantitative estimate of drug-likeness (QED) is 0.783. The van der Waals surface area contributed by atoms with Crippen molar-refractivity contribution >= 4 is 49.8 Å². The van der Waals surface area contributed by atoms with Crippen LogP contribution in [-0.4, -0.2) is 29.7 Å². The van der Waals surface area contributed by atoms with E-state index in [0.717, 1.165) is 9.35 Å². The SMILES string of the molecule is Cc1nnc(SC2C[Se]C=CS2)s1. The van der Waals surface area contributed by atoms with Crippen LogP contribution in [0, 0.1) is 6.92 Å². The molecule has 0 aliphatic carbocycles. The van der Waals surface area contributed by atoms with Gasteiger partial charge >= 0.3 is 96.6 Å². The molecule has 0 fully saturated rings. The first-order valence-electron chi connectivity index (χ1n) is 3.73. The van der Waals surface area contributed by atoms with Crippen molar-refractivity contribution in [1.29, 1.82) is 0 Å². The summed E-state index contributed by atoms with van der Waals surface area (Å²) in [5.74, 6) is 0. The summed E-state index contributed by atoms with van der Waals surface area (Å²) in [6.07, 6.45) is 0.